The van der Waals surface area contributed by atoms with E-state index in [1.165, 1.54) is 22.4 Å². The molecule has 1 aromatic carbocycles. The van der Waals surface area contributed by atoms with Gasteiger partial charge in [-0.1, -0.05) is 17.7 Å². The summed E-state index contributed by atoms with van der Waals surface area (Å²) in [6, 6.07) is 6.41. The largest absolute Gasteiger partial charge is 0.298 e. The maximum Gasteiger partial charge on any atom is 0.107 e. The lowest BCUT2D eigenvalue weighted by atomic mass is 10.0. The van der Waals surface area contributed by atoms with Crippen LogP contribution in [0.25, 0.3) is 16.7 Å². The van der Waals surface area contributed by atoms with Gasteiger partial charge in [-0.15, -0.1) is 0 Å². The van der Waals surface area contributed by atoms with Gasteiger partial charge in [-0.25, -0.2) is 4.98 Å². The zero-order valence-electron chi connectivity index (χ0n) is 10.8. The van der Waals surface area contributed by atoms with Gasteiger partial charge in [-0.3, -0.25) is 9.55 Å². The molecule has 0 aliphatic heterocycles. The van der Waals surface area contributed by atoms with Crippen LogP contribution in [0.3, 0.4) is 0 Å². The molecule has 3 heteroatoms. The molecule has 0 atom stereocenters. The van der Waals surface area contributed by atoms with Crippen LogP contribution in [0, 0.1) is 20.8 Å². The van der Waals surface area contributed by atoms with E-state index in [0.717, 1.165) is 11.0 Å². The van der Waals surface area contributed by atoms with Gasteiger partial charge in [0.05, 0.1) is 17.4 Å². The Bertz CT molecular complexity index is 702. The molecular weight excluding hydrogens is 222 g/mol. The zero-order valence-corrected chi connectivity index (χ0v) is 10.8. The van der Waals surface area contributed by atoms with E-state index in [9.17, 15) is 0 Å². The van der Waals surface area contributed by atoms with Gasteiger partial charge in [-0.2, -0.15) is 0 Å². The number of fused-ring (bicyclic) bond motifs is 1. The lowest BCUT2D eigenvalue weighted by molar-refractivity contribution is 1.05. The minimum Gasteiger partial charge on any atom is -0.298 e. The van der Waals surface area contributed by atoms with Crippen molar-refractivity contribution in [3.05, 3.63) is 53.6 Å². The van der Waals surface area contributed by atoms with Crippen LogP contribution in [-0.4, -0.2) is 14.5 Å². The second kappa shape index (κ2) is 3.95. The third kappa shape index (κ3) is 1.59. The van der Waals surface area contributed by atoms with E-state index in [1.807, 2.05) is 12.4 Å². The summed E-state index contributed by atoms with van der Waals surface area (Å²) in [6.45, 7) is 6.41. The summed E-state index contributed by atoms with van der Waals surface area (Å²) < 4.78 is 2.14. The van der Waals surface area contributed by atoms with Crippen molar-refractivity contribution in [2.75, 3.05) is 0 Å². The van der Waals surface area contributed by atoms with Crippen LogP contribution < -0.4 is 0 Å². The Kier molecular flexibility index (Phi) is 2.40. The van der Waals surface area contributed by atoms with Crippen LogP contribution in [0.1, 0.15) is 16.7 Å². The van der Waals surface area contributed by atoms with Gasteiger partial charge in [-0.05, 0) is 38.0 Å². The molecule has 0 unspecified atom stereocenters. The lowest BCUT2D eigenvalue weighted by Gasteiger charge is -2.13. The van der Waals surface area contributed by atoms with Crippen LogP contribution in [0.15, 0.2) is 36.9 Å². The highest BCUT2D eigenvalue weighted by molar-refractivity contribution is 5.77. The SMILES string of the molecule is Cc1cc(C)c(-n2cnc3cnccc32)c(C)c1. The predicted molar refractivity (Wildman–Crippen MR) is 73.1 cm³/mol. The Labute approximate surface area is 106 Å². The fourth-order valence-electron chi connectivity index (χ4n) is 2.59. The molecule has 0 aliphatic rings. The molecule has 3 aromatic rings. The molecule has 0 saturated carbocycles. The Morgan fingerprint density at radius 1 is 1.06 bits per heavy atom. The summed E-state index contributed by atoms with van der Waals surface area (Å²) in [4.78, 5) is 8.50. The highest BCUT2D eigenvalue weighted by Gasteiger charge is 2.09. The third-order valence-corrected chi connectivity index (χ3v) is 3.23. The molecule has 2 aromatic heterocycles. The summed E-state index contributed by atoms with van der Waals surface area (Å²) in [5, 5.41) is 0. The van der Waals surface area contributed by atoms with Gasteiger partial charge in [0.2, 0.25) is 0 Å². The van der Waals surface area contributed by atoms with Crippen LogP contribution in [-0.2, 0) is 0 Å². The molecule has 0 bridgehead atoms. The monoisotopic (exact) mass is 237 g/mol. The first-order chi connectivity index (χ1) is 8.66. The van der Waals surface area contributed by atoms with Crippen molar-refractivity contribution in [1.82, 2.24) is 14.5 Å². The van der Waals surface area contributed by atoms with Gasteiger partial charge >= 0.3 is 0 Å². The fraction of sp³-hybridized carbons (Fsp3) is 0.200. The van der Waals surface area contributed by atoms with E-state index in [1.54, 1.807) is 12.4 Å². The second-order valence-corrected chi connectivity index (χ2v) is 4.73. The maximum absolute atomic E-state index is 4.40. The smallest absolute Gasteiger partial charge is 0.107 e. The molecule has 18 heavy (non-hydrogen) atoms. The molecular formula is C15H15N3. The summed E-state index contributed by atoms with van der Waals surface area (Å²) >= 11 is 0. The lowest BCUT2D eigenvalue weighted by Crippen LogP contribution is -1.99. The van der Waals surface area contributed by atoms with E-state index in [4.69, 9.17) is 0 Å². The van der Waals surface area contributed by atoms with E-state index in [2.05, 4.69) is 47.4 Å². The number of imidazole rings is 1. The molecule has 3 rings (SSSR count). The quantitative estimate of drug-likeness (QED) is 0.650. The number of benzene rings is 1. The molecule has 3 nitrogen and oxygen atoms in total. The highest BCUT2D eigenvalue weighted by atomic mass is 15.1. The number of pyridine rings is 1. The summed E-state index contributed by atoms with van der Waals surface area (Å²) in [6.07, 6.45) is 5.47. The maximum atomic E-state index is 4.40. The van der Waals surface area contributed by atoms with Gasteiger partial charge in [0, 0.05) is 6.20 Å². The average Bonchev–Trinajstić information content (AvgIpc) is 2.72. The molecule has 0 radical (unpaired) electrons. The van der Waals surface area contributed by atoms with E-state index < -0.39 is 0 Å². The minimum atomic E-state index is 0.928. The number of rotatable bonds is 1. The van der Waals surface area contributed by atoms with Crippen molar-refractivity contribution in [2.45, 2.75) is 20.8 Å². The third-order valence-electron chi connectivity index (χ3n) is 3.23. The van der Waals surface area contributed by atoms with Gasteiger partial charge in [0.15, 0.2) is 0 Å². The topological polar surface area (TPSA) is 30.7 Å². The van der Waals surface area contributed by atoms with Gasteiger partial charge < -0.3 is 0 Å². The average molecular weight is 237 g/mol. The Morgan fingerprint density at radius 2 is 1.78 bits per heavy atom. The minimum absolute atomic E-state index is 0.928. The van der Waals surface area contributed by atoms with Gasteiger partial charge in [0.25, 0.3) is 0 Å². The van der Waals surface area contributed by atoms with E-state index >= 15 is 0 Å². The first-order valence-corrected chi connectivity index (χ1v) is 6.02. The van der Waals surface area contributed by atoms with E-state index in [-0.39, 0.29) is 0 Å². The zero-order chi connectivity index (χ0) is 12.7. The second-order valence-electron chi connectivity index (χ2n) is 4.73. The molecule has 0 spiro atoms. The Morgan fingerprint density at radius 3 is 2.50 bits per heavy atom. The van der Waals surface area contributed by atoms with Crippen molar-refractivity contribution in [2.24, 2.45) is 0 Å². The van der Waals surface area contributed by atoms with Crippen LogP contribution in [0.2, 0.25) is 0 Å². The number of aryl methyl sites for hydroxylation is 3. The fourth-order valence-corrected chi connectivity index (χ4v) is 2.59. The highest BCUT2D eigenvalue weighted by Crippen LogP contribution is 2.24. The Hall–Kier alpha value is -2.16. The van der Waals surface area contributed by atoms with Crippen molar-refractivity contribution < 1.29 is 0 Å². The van der Waals surface area contributed by atoms with Crippen LogP contribution >= 0.6 is 0 Å². The molecule has 90 valence electrons. The van der Waals surface area contributed by atoms with E-state index in [0.29, 0.717) is 0 Å². The molecule has 2 heterocycles. The van der Waals surface area contributed by atoms with Crippen molar-refractivity contribution >= 4 is 11.0 Å². The number of hydrogen-bond donors (Lipinski definition) is 0. The standard InChI is InChI=1S/C15H15N3/c1-10-6-11(2)15(12(3)7-10)18-9-17-13-8-16-5-4-14(13)18/h4-9H,1-3H3. The normalized spacial score (nSPS) is 11.1. The molecule has 0 fully saturated rings. The molecule has 0 aliphatic carbocycles. The summed E-state index contributed by atoms with van der Waals surface area (Å²) in [5.41, 5.74) is 7.07. The first-order valence-electron chi connectivity index (χ1n) is 6.02. The number of aromatic nitrogens is 3. The van der Waals surface area contributed by atoms with Crippen molar-refractivity contribution in [1.29, 1.82) is 0 Å². The summed E-state index contributed by atoms with van der Waals surface area (Å²) in [5.74, 6) is 0. The van der Waals surface area contributed by atoms with Crippen molar-refractivity contribution in [3.8, 4) is 5.69 Å². The predicted octanol–water partition coefficient (Wildman–Crippen LogP) is 3.35. The van der Waals surface area contributed by atoms with Gasteiger partial charge in [0.1, 0.15) is 11.8 Å². The summed E-state index contributed by atoms with van der Waals surface area (Å²) in [7, 11) is 0. The number of hydrogen-bond acceptors (Lipinski definition) is 2. The molecule has 0 N–H and O–H groups in total. The Balaban J connectivity index is 2.33. The first kappa shape index (κ1) is 11.0. The number of nitrogens with zero attached hydrogens (tertiary/aromatic N) is 3. The van der Waals surface area contributed by atoms with Crippen molar-refractivity contribution in [3.63, 3.8) is 0 Å². The molecule has 0 saturated heterocycles. The molecule has 0 amide bonds. The van der Waals surface area contributed by atoms with Crippen LogP contribution in [0.4, 0.5) is 0 Å². The van der Waals surface area contributed by atoms with Crippen LogP contribution in [0.5, 0.6) is 0 Å².